The molecule has 6 nitrogen and oxygen atoms in total. The molecule has 0 unspecified atom stereocenters. The van der Waals surface area contributed by atoms with E-state index in [4.69, 9.17) is 0 Å². The number of rotatable bonds is 5. The molecule has 2 atom stereocenters. The maximum atomic E-state index is 12.5. The Hall–Kier alpha value is -3.41. The lowest BCUT2D eigenvalue weighted by atomic mass is 9.82. The second-order valence-electron chi connectivity index (χ2n) is 6.81. The molecule has 2 amide bonds. The number of carboxylic acids is 1. The molecule has 0 heterocycles. The summed E-state index contributed by atoms with van der Waals surface area (Å²) in [5, 5.41) is 16.9. The van der Waals surface area contributed by atoms with E-state index in [1.54, 1.807) is 48.5 Å². The van der Waals surface area contributed by atoms with Crippen molar-refractivity contribution >= 4 is 29.2 Å². The number of nitrogens with one attached hydrogen (secondary N) is 2. The van der Waals surface area contributed by atoms with Gasteiger partial charge in [-0.2, -0.15) is 0 Å². The molecule has 2 aromatic carbocycles. The van der Waals surface area contributed by atoms with Crippen LogP contribution < -0.4 is 15.7 Å². The van der Waals surface area contributed by atoms with Gasteiger partial charge in [-0.25, -0.2) is 0 Å². The van der Waals surface area contributed by atoms with E-state index in [0.717, 1.165) is 5.56 Å². The van der Waals surface area contributed by atoms with E-state index in [2.05, 4.69) is 10.6 Å². The van der Waals surface area contributed by atoms with Crippen molar-refractivity contribution in [3.05, 3.63) is 71.8 Å². The van der Waals surface area contributed by atoms with Crippen LogP contribution in [0.1, 0.15) is 28.8 Å². The van der Waals surface area contributed by atoms with Gasteiger partial charge in [0.05, 0.1) is 5.92 Å². The summed E-state index contributed by atoms with van der Waals surface area (Å²) >= 11 is 0. The Morgan fingerprint density at radius 2 is 1.61 bits per heavy atom. The number of hydrogen-bond acceptors (Lipinski definition) is 4. The van der Waals surface area contributed by atoms with Crippen LogP contribution in [0, 0.1) is 18.8 Å². The fraction of sp³-hybridized carbons (Fsp3) is 0.227. The van der Waals surface area contributed by atoms with Crippen LogP contribution in [0.2, 0.25) is 0 Å². The van der Waals surface area contributed by atoms with E-state index >= 15 is 0 Å². The van der Waals surface area contributed by atoms with Crippen molar-refractivity contribution in [2.45, 2.75) is 19.8 Å². The summed E-state index contributed by atoms with van der Waals surface area (Å²) in [4.78, 5) is 36.1. The molecular formula is C22H21N2O4-. The molecule has 1 aliphatic rings. The first-order chi connectivity index (χ1) is 13.5. The van der Waals surface area contributed by atoms with Crippen LogP contribution in [0.5, 0.6) is 0 Å². The van der Waals surface area contributed by atoms with Gasteiger partial charge in [0.15, 0.2) is 0 Å². The first-order valence-corrected chi connectivity index (χ1v) is 9.09. The van der Waals surface area contributed by atoms with Gasteiger partial charge >= 0.3 is 0 Å². The number of aliphatic carboxylic acids is 1. The van der Waals surface area contributed by atoms with E-state index in [1.807, 2.05) is 19.1 Å². The Kier molecular flexibility index (Phi) is 5.89. The molecule has 0 fully saturated rings. The highest BCUT2D eigenvalue weighted by molar-refractivity contribution is 6.05. The third-order valence-electron chi connectivity index (χ3n) is 4.85. The summed E-state index contributed by atoms with van der Waals surface area (Å²) in [7, 11) is 0. The minimum atomic E-state index is -1.21. The van der Waals surface area contributed by atoms with E-state index < -0.39 is 17.8 Å². The Bertz CT molecular complexity index is 921. The number of carbonyl (C=O) groups is 3. The van der Waals surface area contributed by atoms with Gasteiger partial charge in [-0.3, -0.25) is 9.59 Å². The highest BCUT2D eigenvalue weighted by atomic mass is 16.4. The van der Waals surface area contributed by atoms with Gasteiger partial charge in [0, 0.05) is 28.8 Å². The van der Waals surface area contributed by atoms with Gasteiger partial charge in [-0.05, 0) is 55.7 Å². The van der Waals surface area contributed by atoms with Crippen LogP contribution in [0.25, 0.3) is 0 Å². The summed E-state index contributed by atoms with van der Waals surface area (Å²) in [5.41, 5.74) is 2.52. The molecule has 0 spiro atoms. The Labute approximate surface area is 163 Å². The maximum Gasteiger partial charge on any atom is 0.255 e. The van der Waals surface area contributed by atoms with Crippen LogP contribution in [-0.2, 0) is 9.59 Å². The SMILES string of the molecule is Cc1cc(NC(=O)[C@H]2CC=CC[C@H]2C(=O)[O-])ccc1NC(=O)c1ccccc1. The van der Waals surface area contributed by atoms with Gasteiger partial charge in [-0.1, -0.05) is 30.4 Å². The topological polar surface area (TPSA) is 98.3 Å². The number of anilines is 2. The fourth-order valence-electron chi connectivity index (χ4n) is 3.27. The summed E-state index contributed by atoms with van der Waals surface area (Å²) < 4.78 is 0. The first kappa shape index (κ1) is 19.4. The van der Waals surface area contributed by atoms with E-state index in [1.165, 1.54) is 0 Å². The quantitative estimate of drug-likeness (QED) is 0.782. The zero-order valence-corrected chi connectivity index (χ0v) is 15.5. The Balaban J connectivity index is 1.68. The predicted molar refractivity (Wildman–Crippen MR) is 105 cm³/mol. The van der Waals surface area contributed by atoms with Crippen molar-refractivity contribution in [3.63, 3.8) is 0 Å². The zero-order valence-electron chi connectivity index (χ0n) is 15.5. The molecule has 2 aromatic rings. The molecular weight excluding hydrogens is 356 g/mol. The summed E-state index contributed by atoms with van der Waals surface area (Å²) in [5.74, 6) is -3.26. The van der Waals surface area contributed by atoms with Crippen LogP contribution >= 0.6 is 0 Å². The number of aryl methyl sites for hydroxylation is 1. The number of allylic oxidation sites excluding steroid dienone is 2. The largest absolute Gasteiger partial charge is 0.550 e. The van der Waals surface area contributed by atoms with Gasteiger partial charge in [-0.15, -0.1) is 0 Å². The van der Waals surface area contributed by atoms with Gasteiger partial charge < -0.3 is 20.5 Å². The third kappa shape index (κ3) is 4.46. The Morgan fingerprint density at radius 1 is 0.929 bits per heavy atom. The highest BCUT2D eigenvalue weighted by Crippen LogP contribution is 2.27. The van der Waals surface area contributed by atoms with Crippen molar-refractivity contribution in [2.75, 3.05) is 10.6 Å². The third-order valence-corrected chi connectivity index (χ3v) is 4.85. The van der Waals surface area contributed by atoms with Crippen LogP contribution in [0.3, 0.4) is 0 Å². The summed E-state index contributed by atoms with van der Waals surface area (Å²) in [6, 6.07) is 14.0. The van der Waals surface area contributed by atoms with Gasteiger partial charge in [0.25, 0.3) is 5.91 Å². The molecule has 0 bridgehead atoms. The predicted octanol–water partition coefficient (Wildman–Crippen LogP) is 2.52. The fourth-order valence-corrected chi connectivity index (χ4v) is 3.27. The lowest BCUT2D eigenvalue weighted by Crippen LogP contribution is -2.41. The molecule has 0 radical (unpaired) electrons. The molecule has 3 rings (SSSR count). The lowest BCUT2D eigenvalue weighted by Gasteiger charge is -2.28. The average Bonchev–Trinajstić information content (AvgIpc) is 2.70. The van der Waals surface area contributed by atoms with Crippen LogP contribution in [0.4, 0.5) is 11.4 Å². The normalized spacial score (nSPS) is 18.3. The van der Waals surface area contributed by atoms with Crippen molar-refractivity contribution in [1.29, 1.82) is 0 Å². The average molecular weight is 377 g/mol. The molecule has 0 aliphatic heterocycles. The second kappa shape index (κ2) is 8.52. The number of benzene rings is 2. The molecule has 2 N–H and O–H groups in total. The first-order valence-electron chi connectivity index (χ1n) is 9.09. The van der Waals surface area contributed by atoms with Crippen LogP contribution in [-0.4, -0.2) is 17.8 Å². The van der Waals surface area contributed by atoms with Crippen molar-refractivity contribution in [1.82, 2.24) is 0 Å². The Morgan fingerprint density at radius 3 is 2.25 bits per heavy atom. The van der Waals surface area contributed by atoms with E-state index in [9.17, 15) is 19.5 Å². The minimum Gasteiger partial charge on any atom is -0.550 e. The molecule has 6 heteroatoms. The smallest absolute Gasteiger partial charge is 0.255 e. The standard InChI is InChI=1S/C22H22N2O4/c1-14-13-16(23-21(26)17-9-5-6-10-18(17)22(27)28)11-12-19(14)24-20(25)15-7-3-2-4-8-15/h2-8,11-13,17-18H,9-10H2,1H3,(H,23,26)(H,24,25)(H,27,28)/p-1/t17-,18+/m0/s1. The molecule has 1 aliphatic carbocycles. The number of carbonyl (C=O) groups excluding carboxylic acids is 3. The van der Waals surface area contributed by atoms with E-state index in [0.29, 0.717) is 29.8 Å². The molecule has 0 aromatic heterocycles. The number of hydrogen-bond donors (Lipinski definition) is 2. The molecule has 0 saturated heterocycles. The van der Waals surface area contributed by atoms with E-state index in [-0.39, 0.29) is 11.8 Å². The van der Waals surface area contributed by atoms with Gasteiger partial charge in [0.1, 0.15) is 0 Å². The minimum absolute atomic E-state index is 0.216. The van der Waals surface area contributed by atoms with Crippen molar-refractivity contribution in [2.24, 2.45) is 11.8 Å². The second-order valence-corrected chi connectivity index (χ2v) is 6.81. The number of amides is 2. The summed E-state index contributed by atoms with van der Waals surface area (Å²) in [6.07, 6.45) is 4.24. The van der Waals surface area contributed by atoms with Crippen molar-refractivity contribution in [3.8, 4) is 0 Å². The molecule has 0 saturated carbocycles. The zero-order chi connectivity index (χ0) is 20.1. The highest BCUT2D eigenvalue weighted by Gasteiger charge is 2.29. The van der Waals surface area contributed by atoms with Crippen LogP contribution in [0.15, 0.2) is 60.7 Å². The monoisotopic (exact) mass is 377 g/mol. The van der Waals surface area contributed by atoms with Crippen molar-refractivity contribution < 1.29 is 19.5 Å². The maximum absolute atomic E-state index is 12.5. The lowest BCUT2D eigenvalue weighted by molar-refractivity contribution is -0.313. The summed E-state index contributed by atoms with van der Waals surface area (Å²) in [6.45, 7) is 1.82. The number of carboxylic acid groups (broad SMARTS) is 1. The van der Waals surface area contributed by atoms with Gasteiger partial charge in [0.2, 0.25) is 5.91 Å². The molecule has 28 heavy (non-hydrogen) atoms. The molecule has 144 valence electrons.